The van der Waals surface area contributed by atoms with Gasteiger partial charge in [-0.1, -0.05) is 23.7 Å². The van der Waals surface area contributed by atoms with E-state index >= 15 is 0 Å². The molecule has 6 nitrogen and oxygen atoms in total. The third-order valence-corrected chi connectivity index (χ3v) is 6.97. The van der Waals surface area contributed by atoms with E-state index in [4.69, 9.17) is 21.1 Å². The van der Waals surface area contributed by atoms with Crippen LogP contribution < -0.4 is 14.4 Å². The molecule has 4 rings (SSSR count). The summed E-state index contributed by atoms with van der Waals surface area (Å²) in [6.45, 7) is 3.82. The topological polar surface area (TPSA) is 76.1 Å². The summed E-state index contributed by atoms with van der Waals surface area (Å²) in [5.74, 6) is -1.28. The lowest BCUT2D eigenvalue weighted by molar-refractivity contribution is -0.132. The van der Waals surface area contributed by atoms with Crippen LogP contribution in [0.4, 0.5) is 5.69 Å². The van der Waals surface area contributed by atoms with Gasteiger partial charge in [-0.15, -0.1) is 11.3 Å². The van der Waals surface area contributed by atoms with Crippen molar-refractivity contribution in [1.29, 1.82) is 0 Å². The number of benzene rings is 2. The number of methoxy groups -OCH3 is 2. The summed E-state index contributed by atoms with van der Waals surface area (Å²) in [4.78, 5) is 28.8. The number of aryl methyl sites for hydroxylation is 2. The summed E-state index contributed by atoms with van der Waals surface area (Å²) in [5, 5.41) is 13.6. The van der Waals surface area contributed by atoms with E-state index in [-0.39, 0.29) is 27.7 Å². The Morgan fingerprint density at radius 1 is 1.06 bits per heavy atom. The second kappa shape index (κ2) is 8.92. The fourth-order valence-corrected chi connectivity index (χ4v) is 5.24. The first kappa shape index (κ1) is 22.9. The molecular formula is C25H22ClNO5S. The highest BCUT2D eigenvalue weighted by molar-refractivity contribution is 7.10. The Labute approximate surface area is 200 Å². The summed E-state index contributed by atoms with van der Waals surface area (Å²) in [6.07, 6.45) is 0. The van der Waals surface area contributed by atoms with Crippen molar-refractivity contribution in [2.45, 2.75) is 19.9 Å². The van der Waals surface area contributed by atoms with E-state index in [0.29, 0.717) is 11.4 Å². The van der Waals surface area contributed by atoms with Gasteiger partial charge in [0.05, 0.1) is 30.4 Å². The molecule has 1 N–H and O–H groups in total. The number of amides is 1. The number of carbonyl (C=O) groups is 2. The van der Waals surface area contributed by atoms with Gasteiger partial charge in [-0.3, -0.25) is 14.5 Å². The number of aliphatic hydroxyl groups excluding tert-OH is 1. The van der Waals surface area contributed by atoms with Crippen molar-refractivity contribution in [3.05, 3.63) is 80.0 Å². The third-order valence-electron chi connectivity index (χ3n) is 5.60. The number of ether oxygens (including phenoxy) is 2. The van der Waals surface area contributed by atoms with E-state index in [1.54, 1.807) is 6.07 Å². The smallest absolute Gasteiger partial charge is 0.300 e. The molecule has 0 aliphatic carbocycles. The van der Waals surface area contributed by atoms with Gasteiger partial charge < -0.3 is 14.6 Å². The zero-order valence-electron chi connectivity index (χ0n) is 18.5. The van der Waals surface area contributed by atoms with Crippen molar-refractivity contribution in [3.63, 3.8) is 0 Å². The van der Waals surface area contributed by atoms with Crippen LogP contribution in [0.2, 0.25) is 5.02 Å². The van der Waals surface area contributed by atoms with Gasteiger partial charge in [0.25, 0.3) is 11.7 Å². The van der Waals surface area contributed by atoms with E-state index in [2.05, 4.69) is 0 Å². The fraction of sp³-hybridized carbons (Fsp3) is 0.200. The zero-order valence-corrected chi connectivity index (χ0v) is 20.1. The van der Waals surface area contributed by atoms with Crippen molar-refractivity contribution in [2.24, 2.45) is 0 Å². The Balaban J connectivity index is 2.01. The van der Waals surface area contributed by atoms with Gasteiger partial charge in [0.15, 0.2) is 0 Å². The average Bonchev–Trinajstić information content (AvgIpc) is 3.33. The second-order valence-electron chi connectivity index (χ2n) is 7.66. The second-order valence-corrected chi connectivity index (χ2v) is 9.02. The van der Waals surface area contributed by atoms with Crippen LogP contribution in [-0.2, 0) is 9.59 Å². The van der Waals surface area contributed by atoms with E-state index in [9.17, 15) is 14.7 Å². The van der Waals surface area contributed by atoms with Gasteiger partial charge in [-0.05, 0) is 54.6 Å². The summed E-state index contributed by atoms with van der Waals surface area (Å²) in [5.41, 5.74) is 2.63. The van der Waals surface area contributed by atoms with Crippen LogP contribution in [0.3, 0.4) is 0 Å². The molecule has 0 bridgehead atoms. The minimum absolute atomic E-state index is 0.0188. The number of hydrogen-bond donors (Lipinski definition) is 1. The highest BCUT2D eigenvalue weighted by Gasteiger charge is 2.48. The van der Waals surface area contributed by atoms with Gasteiger partial charge in [0.2, 0.25) is 0 Å². The number of carbonyl (C=O) groups excluding carboxylic acids is 2. The molecule has 170 valence electrons. The van der Waals surface area contributed by atoms with Crippen LogP contribution in [0.15, 0.2) is 53.4 Å². The van der Waals surface area contributed by atoms with Gasteiger partial charge in [-0.2, -0.15) is 0 Å². The van der Waals surface area contributed by atoms with E-state index in [1.165, 1.54) is 42.6 Å². The molecule has 2 aromatic carbocycles. The number of anilines is 1. The Morgan fingerprint density at radius 2 is 1.79 bits per heavy atom. The van der Waals surface area contributed by atoms with Crippen molar-refractivity contribution in [1.82, 2.24) is 0 Å². The number of nitrogens with zero attached hydrogens (tertiary/aromatic N) is 1. The van der Waals surface area contributed by atoms with Crippen molar-refractivity contribution in [2.75, 3.05) is 19.1 Å². The predicted octanol–water partition coefficient (Wildman–Crippen LogP) is 5.66. The van der Waals surface area contributed by atoms with Crippen LogP contribution in [0, 0.1) is 13.8 Å². The molecule has 1 aliphatic rings. The SMILES string of the molecule is COc1cc(/C(O)=C2\C(=O)C(=O)N(c3cccc(C)c3)C2c2sccc2C)c(OC)cc1Cl. The van der Waals surface area contributed by atoms with Crippen molar-refractivity contribution in [3.8, 4) is 11.5 Å². The van der Waals surface area contributed by atoms with E-state index in [0.717, 1.165) is 16.0 Å². The third kappa shape index (κ3) is 3.87. The summed E-state index contributed by atoms with van der Waals surface area (Å²) in [7, 11) is 2.88. The predicted molar refractivity (Wildman–Crippen MR) is 130 cm³/mol. The minimum Gasteiger partial charge on any atom is -0.507 e. The molecule has 1 saturated heterocycles. The number of hydrogen-bond acceptors (Lipinski definition) is 6. The molecule has 1 atom stereocenters. The van der Waals surface area contributed by atoms with Crippen LogP contribution in [0.25, 0.3) is 5.76 Å². The lowest BCUT2D eigenvalue weighted by atomic mass is 9.97. The Bertz CT molecular complexity index is 1300. The fourth-order valence-electron chi connectivity index (χ4n) is 3.98. The van der Waals surface area contributed by atoms with Gasteiger partial charge in [0, 0.05) is 16.6 Å². The minimum atomic E-state index is -0.793. The lowest BCUT2D eigenvalue weighted by Gasteiger charge is -2.25. The van der Waals surface area contributed by atoms with E-state index < -0.39 is 17.7 Å². The standard InChI is InChI=1S/C25H22ClNO5S/c1-13-6-5-7-15(10-13)27-21(24-14(2)8-9-33-24)20(23(29)25(27)30)22(28)16-11-19(32-4)17(26)12-18(16)31-3/h5-12,21,28H,1-4H3/b22-20+. The van der Waals surface area contributed by atoms with Crippen molar-refractivity contribution >= 4 is 46.1 Å². The highest BCUT2D eigenvalue weighted by atomic mass is 35.5. The molecule has 1 amide bonds. The molecule has 0 saturated carbocycles. The zero-order chi connectivity index (χ0) is 23.9. The normalized spacial score (nSPS) is 17.5. The summed E-state index contributed by atoms with van der Waals surface area (Å²) in [6, 6.07) is 11.5. The highest BCUT2D eigenvalue weighted by Crippen LogP contribution is 2.46. The first-order valence-corrected chi connectivity index (χ1v) is 11.4. The molecular weight excluding hydrogens is 462 g/mol. The lowest BCUT2D eigenvalue weighted by Crippen LogP contribution is -2.29. The number of Topliss-reactive ketones (excluding diaryl/α,β-unsaturated/α-hetero) is 1. The molecule has 1 aliphatic heterocycles. The van der Waals surface area contributed by atoms with Crippen molar-refractivity contribution < 1.29 is 24.2 Å². The molecule has 1 aromatic heterocycles. The molecule has 0 spiro atoms. The maximum Gasteiger partial charge on any atom is 0.300 e. The van der Waals surface area contributed by atoms with Crippen LogP contribution >= 0.6 is 22.9 Å². The maximum atomic E-state index is 13.3. The molecule has 0 radical (unpaired) electrons. The van der Waals surface area contributed by atoms with Crippen LogP contribution in [-0.4, -0.2) is 31.0 Å². The molecule has 1 unspecified atom stereocenters. The van der Waals surface area contributed by atoms with Gasteiger partial charge in [0.1, 0.15) is 23.3 Å². The van der Waals surface area contributed by atoms with Crippen LogP contribution in [0.1, 0.15) is 27.6 Å². The van der Waals surface area contributed by atoms with Gasteiger partial charge in [-0.25, -0.2) is 0 Å². The first-order valence-electron chi connectivity index (χ1n) is 10.1. The maximum absolute atomic E-state index is 13.3. The largest absolute Gasteiger partial charge is 0.507 e. The van der Waals surface area contributed by atoms with Crippen LogP contribution in [0.5, 0.6) is 11.5 Å². The summed E-state index contributed by atoms with van der Waals surface area (Å²) >= 11 is 7.64. The Hall–Kier alpha value is -3.29. The molecule has 2 heterocycles. The van der Waals surface area contributed by atoms with E-state index in [1.807, 2.05) is 43.5 Å². The quantitative estimate of drug-likeness (QED) is 0.288. The van der Waals surface area contributed by atoms with Gasteiger partial charge >= 0.3 is 0 Å². The average molecular weight is 484 g/mol. The number of rotatable bonds is 5. The molecule has 8 heteroatoms. The summed E-state index contributed by atoms with van der Waals surface area (Å²) < 4.78 is 10.7. The monoisotopic (exact) mass is 483 g/mol. The molecule has 1 fully saturated rings. The Kier molecular flexibility index (Phi) is 6.19. The number of ketones is 1. The number of halogens is 1. The molecule has 33 heavy (non-hydrogen) atoms. The number of thiophene rings is 1. The first-order chi connectivity index (χ1) is 15.8. The Morgan fingerprint density at radius 3 is 2.39 bits per heavy atom. The number of aliphatic hydroxyl groups is 1. The molecule has 3 aromatic rings.